The van der Waals surface area contributed by atoms with Gasteiger partial charge in [0.15, 0.2) is 0 Å². The smallest absolute Gasteiger partial charge is 0.317 e. The molecule has 0 saturated carbocycles. The molecule has 0 aliphatic heterocycles. The van der Waals surface area contributed by atoms with Gasteiger partial charge >= 0.3 is 5.97 Å². The zero-order valence-corrected chi connectivity index (χ0v) is 13.5. The molecule has 0 aliphatic carbocycles. The quantitative estimate of drug-likeness (QED) is 0.277. The molecule has 0 saturated heterocycles. The first-order valence-electron chi connectivity index (χ1n) is 8.27. The molecule has 0 rings (SSSR count). The number of carbonyl (C=O) groups is 1. The van der Waals surface area contributed by atoms with Crippen LogP contribution in [0.25, 0.3) is 0 Å². The van der Waals surface area contributed by atoms with Crippen molar-refractivity contribution in [3.8, 4) is 0 Å². The molecule has 1 unspecified atom stereocenters. The maximum Gasteiger partial charge on any atom is 0.317 e. The van der Waals surface area contributed by atoms with Gasteiger partial charge in [0.1, 0.15) is 5.92 Å². The van der Waals surface area contributed by atoms with E-state index in [0.717, 1.165) is 19.3 Å². The molecule has 0 aromatic rings. The molecule has 0 amide bonds. The van der Waals surface area contributed by atoms with Gasteiger partial charge in [0, 0.05) is 0 Å². The second kappa shape index (κ2) is 12.0. The summed E-state index contributed by atoms with van der Waals surface area (Å²) in [5.74, 6) is -5.03. The molecule has 0 radical (unpaired) electrons. The Labute approximate surface area is 128 Å². The minimum absolute atomic E-state index is 0.223. The average Bonchev–Trinajstić information content (AvgIpc) is 2.41. The van der Waals surface area contributed by atoms with Gasteiger partial charge in [0.25, 0.3) is 5.97 Å². The fraction of sp³-hybridized carbons (Fsp3) is 0.938. The first-order chi connectivity index (χ1) is 9.93. The van der Waals surface area contributed by atoms with Gasteiger partial charge in [0.05, 0.1) is 6.61 Å². The number of carbonyl (C=O) groups excluding carboxylic acids is 1. The Kier molecular flexibility index (Phi) is 11.6. The minimum atomic E-state index is -2.99. The Bertz CT molecular complexity index is 260. The van der Waals surface area contributed by atoms with Gasteiger partial charge in [-0.25, -0.2) is 0 Å². The van der Waals surface area contributed by atoms with Gasteiger partial charge in [-0.3, -0.25) is 4.79 Å². The second-order valence-corrected chi connectivity index (χ2v) is 5.67. The summed E-state index contributed by atoms with van der Waals surface area (Å²) in [5.41, 5.74) is 0. The highest BCUT2D eigenvalue weighted by Gasteiger charge is 2.38. The lowest BCUT2D eigenvalue weighted by atomic mass is 9.98. The summed E-state index contributed by atoms with van der Waals surface area (Å²) in [6, 6.07) is 0. The summed E-state index contributed by atoms with van der Waals surface area (Å²) >= 11 is 0. The Hall–Kier alpha value is -0.650. The van der Waals surface area contributed by atoms with Crippen LogP contribution < -0.4 is 0 Å². The predicted molar refractivity (Wildman–Crippen MR) is 81.4 cm³/mol. The molecule has 5 nitrogen and oxygen atoms in total. The zero-order chi connectivity index (χ0) is 16.1. The maximum absolute atomic E-state index is 11.7. The lowest BCUT2D eigenvalue weighted by molar-refractivity contribution is -0.338. The van der Waals surface area contributed by atoms with Crippen molar-refractivity contribution < 1.29 is 24.9 Å². The van der Waals surface area contributed by atoms with E-state index in [9.17, 15) is 20.1 Å². The first-order valence-corrected chi connectivity index (χ1v) is 8.27. The molecule has 0 fully saturated rings. The topological polar surface area (TPSA) is 87.0 Å². The highest BCUT2D eigenvalue weighted by atomic mass is 16.7. The maximum atomic E-state index is 11.7. The minimum Gasteiger partial charge on any atom is -0.465 e. The highest BCUT2D eigenvalue weighted by Crippen LogP contribution is 2.21. The zero-order valence-electron chi connectivity index (χ0n) is 13.5. The number of hydrogen-bond acceptors (Lipinski definition) is 5. The van der Waals surface area contributed by atoms with Gasteiger partial charge in [-0.1, -0.05) is 65.2 Å². The van der Waals surface area contributed by atoms with Gasteiger partial charge in [-0.05, 0) is 12.8 Å². The van der Waals surface area contributed by atoms with Crippen LogP contribution in [0.4, 0.5) is 0 Å². The van der Waals surface area contributed by atoms with E-state index in [0.29, 0.717) is 12.8 Å². The van der Waals surface area contributed by atoms with Crippen molar-refractivity contribution in [3.05, 3.63) is 0 Å². The Morgan fingerprint density at radius 3 is 1.90 bits per heavy atom. The van der Waals surface area contributed by atoms with Crippen LogP contribution >= 0.6 is 0 Å². The fourth-order valence-electron chi connectivity index (χ4n) is 2.26. The van der Waals surface area contributed by atoms with Crippen molar-refractivity contribution in [2.24, 2.45) is 5.92 Å². The lowest BCUT2D eigenvalue weighted by Gasteiger charge is -2.24. The molecule has 0 aliphatic rings. The van der Waals surface area contributed by atoms with E-state index in [1.807, 2.05) is 6.92 Å². The van der Waals surface area contributed by atoms with Crippen LogP contribution in [0.5, 0.6) is 0 Å². The normalized spacial score (nSPS) is 13.2. The van der Waals surface area contributed by atoms with E-state index >= 15 is 0 Å². The van der Waals surface area contributed by atoms with Crippen LogP contribution in [0.2, 0.25) is 0 Å². The molecule has 126 valence electrons. The molecule has 3 N–H and O–H groups in total. The van der Waals surface area contributed by atoms with Crippen LogP contribution in [0.15, 0.2) is 0 Å². The average molecular weight is 304 g/mol. The fourth-order valence-corrected chi connectivity index (χ4v) is 2.26. The van der Waals surface area contributed by atoms with Crippen molar-refractivity contribution in [2.75, 3.05) is 6.61 Å². The van der Waals surface area contributed by atoms with E-state index < -0.39 is 17.9 Å². The number of unbranched alkanes of at least 4 members (excludes halogenated alkanes) is 7. The van der Waals surface area contributed by atoms with Gasteiger partial charge in [-0.15, -0.1) is 0 Å². The van der Waals surface area contributed by atoms with Crippen molar-refractivity contribution in [1.82, 2.24) is 0 Å². The second-order valence-electron chi connectivity index (χ2n) is 5.67. The lowest BCUT2D eigenvalue weighted by Crippen LogP contribution is -2.43. The van der Waals surface area contributed by atoms with Crippen molar-refractivity contribution in [1.29, 1.82) is 0 Å². The van der Waals surface area contributed by atoms with Gasteiger partial charge in [0.2, 0.25) is 0 Å². The largest absolute Gasteiger partial charge is 0.465 e. The number of esters is 1. The summed E-state index contributed by atoms with van der Waals surface area (Å²) in [7, 11) is 0. The molecule has 0 aromatic carbocycles. The van der Waals surface area contributed by atoms with Gasteiger partial charge < -0.3 is 20.1 Å². The highest BCUT2D eigenvalue weighted by molar-refractivity contribution is 5.73. The molecule has 21 heavy (non-hydrogen) atoms. The molecule has 1 atom stereocenters. The number of rotatable bonds is 13. The van der Waals surface area contributed by atoms with Crippen LogP contribution in [0, 0.1) is 5.92 Å². The van der Waals surface area contributed by atoms with Crippen LogP contribution in [-0.2, 0) is 9.53 Å². The summed E-state index contributed by atoms with van der Waals surface area (Å²) in [5, 5.41) is 27.8. The Morgan fingerprint density at radius 2 is 1.43 bits per heavy atom. The molecular weight excluding hydrogens is 272 g/mol. The first kappa shape index (κ1) is 20.3. The van der Waals surface area contributed by atoms with Crippen molar-refractivity contribution >= 4 is 5.97 Å². The molecule has 0 heterocycles. The number of hydrogen-bond donors (Lipinski definition) is 3. The molecule has 0 spiro atoms. The third-order valence-electron chi connectivity index (χ3n) is 3.55. The van der Waals surface area contributed by atoms with Crippen LogP contribution in [0.1, 0.15) is 78.1 Å². The number of aliphatic hydroxyl groups is 3. The van der Waals surface area contributed by atoms with Crippen molar-refractivity contribution in [2.45, 2.75) is 84.0 Å². The third kappa shape index (κ3) is 10.7. The molecular formula is C16H32O5. The Morgan fingerprint density at radius 1 is 0.905 bits per heavy atom. The standard InChI is InChI=1S/C16H32O5/c1-3-5-6-7-8-9-10-11-12-14(16(18,19)20)15(17)21-13-4-2/h14,18-20H,3-13H2,1-2H3. The molecule has 0 aromatic heterocycles. The summed E-state index contributed by atoms with van der Waals surface area (Å²) in [4.78, 5) is 11.7. The van der Waals surface area contributed by atoms with Crippen LogP contribution in [-0.4, -0.2) is 33.9 Å². The van der Waals surface area contributed by atoms with Gasteiger partial charge in [-0.2, -0.15) is 0 Å². The SMILES string of the molecule is CCCCCCCCCCC(C(=O)OCCC)C(O)(O)O. The van der Waals surface area contributed by atoms with E-state index in [1.54, 1.807) is 0 Å². The molecule has 0 bridgehead atoms. The third-order valence-corrected chi connectivity index (χ3v) is 3.55. The predicted octanol–water partition coefficient (Wildman–Crippen LogP) is 2.72. The van der Waals surface area contributed by atoms with E-state index in [2.05, 4.69) is 6.92 Å². The summed E-state index contributed by atoms with van der Waals surface area (Å²) < 4.78 is 4.88. The summed E-state index contributed by atoms with van der Waals surface area (Å²) in [6.45, 7) is 4.26. The summed E-state index contributed by atoms with van der Waals surface area (Å²) in [6.07, 6.45) is 9.67. The van der Waals surface area contributed by atoms with Crippen molar-refractivity contribution in [3.63, 3.8) is 0 Å². The van der Waals surface area contributed by atoms with Crippen LogP contribution in [0.3, 0.4) is 0 Å². The van der Waals surface area contributed by atoms with E-state index in [4.69, 9.17) is 4.74 Å². The molecule has 5 heteroatoms. The monoisotopic (exact) mass is 304 g/mol. The number of ether oxygens (including phenoxy) is 1. The van der Waals surface area contributed by atoms with E-state index in [-0.39, 0.29) is 13.0 Å². The van der Waals surface area contributed by atoms with E-state index in [1.165, 1.54) is 25.7 Å². The Balaban J connectivity index is 3.90.